The molecule has 0 bridgehead atoms. The normalized spacial score (nSPS) is 17.0. The van der Waals surface area contributed by atoms with E-state index in [1.165, 1.54) is 0 Å². The van der Waals surface area contributed by atoms with E-state index in [-0.39, 0.29) is 21.7 Å². The van der Waals surface area contributed by atoms with Crippen LogP contribution in [-0.2, 0) is 21.7 Å². The molecule has 1 aliphatic carbocycles. The van der Waals surface area contributed by atoms with Gasteiger partial charge in [-0.15, -0.1) is 0 Å². The van der Waals surface area contributed by atoms with Gasteiger partial charge in [0.05, 0.1) is 10.4 Å². The minimum absolute atomic E-state index is 0. The summed E-state index contributed by atoms with van der Waals surface area (Å²) in [5, 5.41) is 0. The molecule has 0 aromatic heterocycles. The second kappa shape index (κ2) is 4.27. The van der Waals surface area contributed by atoms with Gasteiger partial charge in [0.15, 0.2) is 0 Å². The molecule has 0 saturated heterocycles. The summed E-state index contributed by atoms with van der Waals surface area (Å²) >= 11 is 0. The van der Waals surface area contributed by atoms with Crippen LogP contribution in [0.25, 0.3) is 0 Å². The number of hydrogen-bond acceptors (Lipinski definition) is 1. The average molecular weight is 159 g/mol. The third-order valence-electron chi connectivity index (χ3n) is 1.08. The fourth-order valence-corrected chi connectivity index (χ4v) is 1.01. The predicted molar refractivity (Wildman–Crippen MR) is 35.1 cm³/mol. The third-order valence-corrected chi connectivity index (χ3v) is 1.75. The van der Waals surface area contributed by atoms with Gasteiger partial charge in [0.2, 0.25) is 0 Å². The van der Waals surface area contributed by atoms with Gasteiger partial charge in [0.25, 0.3) is 0 Å². The summed E-state index contributed by atoms with van der Waals surface area (Å²) in [6.07, 6.45) is 8.42. The molecule has 0 unspecified atom stereocenters. The Hall–Kier alpha value is 0.371. The molecule has 8 heavy (non-hydrogen) atoms. The molecule has 0 heterocycles. The Morgan fingerprint density at radius 3 is 2.00 bits per heavy atom. The van der Waals surface area contributed by atoms with Crippen molar-refractivity contribution >= 4 is 10.4 Å². The van der Waals surface area contributed by atoms with Gasteiger partial charge in [0, 0.05) is 27.8 Å². The first-order valence-corrected chi connectivity index (χ1v) is 3.46. The zero-order valence-corrected chi connectivity index (χ0v) is 8.45. The molecule has 1 aliphatic rings. The Morgan fingerprint density at radius 2 is 1.75 bits per heavy atom. The van der Waals surface area contributed by atoms with Crippen molar-refractivity contribution < 1.29 is 21.7 Å². The summed E-state index contributed by atoms with van der Waals surface area (Å²) in [6.45, 7) is 0. The van der Waals surface area contributed by atoms with Crippen LogP contribution in [0.1, 0.15) is 0 Å². The summed E-state index contributed by atoms with van der Waals surface area (Å²) in [6, 6.07) is 0.548. The van der Waals surface area contributed by atoms with Crippen molar-refractivity contribution in [1.29, 1.82) is 0 Å². The first kappa shape index (κ1) is 8.37. The van der Waals surface area contributed by atoms with Crippen LogP contribution in [0.15, 0.2) is 24.3 Å². The Balaban J connectivity index is 0.000000490. The SMILES string of the molecule is [SiH3]NC1C=CC=C1.[Ti]. The standard InChI is InChI=1S/C5H9NSi.Ti/c7-6-5-3-1-2-4-5;/h1-6H,7H3;. The van der Waals surface area contributed by atoms with E-state index in [0.717, 1.165) is 10.4 Å². The van der Waals surface area contributed by atoms with Crippen molar-refractivity contribution in [2.75, 3.05) is 0 Å². The topological polar surface area (TPSA) is 12.0 Å². The molecule has 0 aromatic rings. The fraction of sp³-hybridized carbons (Fsp3) is 0.200. The maximum absolute atomic E-state index is 3.23. The molecule has 42 valence electrons. The maximum atomic E-state index is 3.23. The van der Waals surface area contributed by atoms with Gasteiger partial charge >= 0.3 is 0 Å². The Labute approximate surface area is 67.6 Å². The van der Waals surface area contributed by atoms with Crippen molar-refractivity contribution in [2.45, 2.75) is 6.04 Å². The maximum Gasteiger partial charge on any atom is 0.0760 e. The molecule has 0 saturated carbocycles. The van der Waals surface area contributed by atoms with Gasteiger partial charge in [0.1, 0.15) is 0 Å². The third kappa shape index (κ3) is 2.09. The van der Waals surface area contributed by atoms with Crippen molar-refractivity contribution in [3.63, 3.8) is 0 Å². The van der Waals surface area contributed by atoms with Crippen LogP contribution in [-0.4, -0.2) is 16.4 Å². The van der Waals surface area contributed by atoms with Crippen molar-refractivity contribution in [3.8, 4) is 0 Å². The molecule has 3 heteroatoms. The van der Waals surface area contributed by atoms with Crippen molar-refractivity contribution in [1.82, 2.24) is 4.98 Å². The van der Waals surface area contributed by atoms with Crippen LogP contribution in [0.5, 0.6) is 0 Å². The number of hydrogen-bond donors (Lipinski definition) is 1. The number of allylic oxidation sites excluding steroid dienone is 2. The van der Waals surface area contributed by atoms with Gasteiger partial charge in [-0.2, -0.15) is 0 Å². The minimum atomic E-state index is 0. The molecule has 0 amide bonds. The van der Waals surface area contributed by atoms with Crippen LogP contribution in [0.4, 0.5) is 0 Å². The van der Waals surface area contributed by atoms with E-state index in [1.54, 1.807) is 0 Å². The van der Waals surface area contributed by atoms with Crippen LogP contribution in [0.2, 0.25) is 0 Å². The smallest absolute Gasteiger partial charge is 0.0760 e. The summed E-state index contributed by atoms with van der Waals surface area (Å²) < 4.78 is 0. The van der Waals surface area contributed by atoms with Gasteiger partial charge in [-0.25, -0.2) is 0 Å². The quantitative estimate of drug-likeness (QED) is 0.501. The van der Waals surface area contributed by atoms with Crippen LogP contribution in [0, 0.1) is 0 Å². The van der Waals surface area contributed by atoms with Crippen molar-refractivity contribution in [2.24, 2.45) is 0 Å². The van der Waals surface area contributed by atoms with Crippen molar-refractivity contribution in [3.05, 3.63) is 24.3 Å². The molecular formula is C5H9NSiTi. The van der Waals surface area contributed by atoms with E-state index in [9.17, 15) is 0 Å². The first-order chi connectivity index (χ1) is 3.43. The van der Waals surface area contributed by atoms with Crippen LogP contribution in [0.3, 0.4) is 0 Å². The Kier molecular flexibility index (Phi) is 4.47. The van der Waals surface area contributed by atoms with E-state index in [4.69, 9.17) is 0 Å². The molecule has 1 rings (SSSR count). The molecule has 1 nitrogen and oxygen atoms in total. The summed E-state index contributed by atoms with van der Waals surface area (Å²) in [4.78, 5) is 3.23. The molecule has 1 N–H and O–H groups in total. The largest absolute Gasteiger partial charge is 0.336 e. The zero-order chi connectivity index (χ0) is 5.11. The molecular weight excluding hydrogens is 150 g/mol. The fourth-order valence-electron chi connectivity index (χ4n) is 0.624. The Bertz CT molecular complexity index is 99.0. The van der Waals surface area contributed by atoms with Crippen LogP contribution >= 0.6 is 0 Å². The Morgan fingerprint density at radius 1 is 1.25 bits per heavy atom. The van der Waals surface area contributed by atoms with Gasteiger partial charge in [-0.3, -0.25) is 0 Å². The summed E-state index contributed by atoms with van der Waals surface area (Å²) in [7, 11) is 1.08. The monoisotopic (exact) mass is 159 g/mol. The second-order valence-electron chi connectivity index (χ2n) is 1.58. The molecule has 0 aromatic carbocycles. The predicted octanol–water partition coefficient (Wildman–Crippen LogP) is -0.652. The zero-order valence-electron chi connectivity index (χ0n) is 4.89. The molecule has 0 atom stereocenters. The van der Waals surface area contributed by atoms with Gasteiger partial charge in [-0.05, 0) is 0 Å². The molecule has 0 spiro atoms. The average Bonchev–Trinajstić information content (AvgIpc) is 2.14. The van der Waals surface area contributed by atoms with E-state index < -0.39 is 0 Å². The number of rotatable bonds is 1. The minimum Gasteiger partial charge on any atom is -0.336 e. The molecule has 0 aliphatic heterocycles. The van der Waals surface area contributed by atoms with E-state index in [0.29, 0.717) is 6.04 Å². The van der Waals surface area contributed by atoms with E-state index in [2.05, 4.69) is 29.3 Å². The number of nitrogens with one attached hydrogen (secondary N) is 1. The van der Waals surface area contributed by atoms with E-state index >= 15 is 0 Å². The second-order valence-corrected chi connectivity index (χ2v) is 2.16. The van der Waals surface area contributed by atoms with Gasteiger partial charge < -0.3 is 4.98 Å². The first-order valence-electron chi connectivity index (χ1n) is 2.46. The summed E-state index contributed by atoms with van der Waals surface area (Å²) in [5.41, 5.74) is 0. The van der Waals surface area contributed by atoms with Gasteiger partial charge in [-0.1, -0.05) is 24.3 Å². The summed E-state index contributed by atoms with van der Waals surface area (Å²) in [5.74, 6) is 0. The van der Waals surface area contributed by atoms with E-state index in [1.807, 2.05) is 0 Å². The van der Waals surface area contributed by atoms with Crippen LogP contribution < -0.4 is 4.98 Å². The molecule has 0 fully saturated rings. The molecule has 0 radical (unpaired) electrons.